The molecule has 0 aliphatic carbocycles. The summed E-state index contributed by atoms with van der Waals surface area (Å²) in [6.07, 6.45) is -2.98. The average Bonchev–Trinajstić information content (AvgIpc) is 3.12. The number of methoxy groups -OCH3 is 5. The van der Waals surface area contributed by atoms with E-state index in [4.69, 9.17) is 42.6 Å². The van der Waals surface area contributed by atoms with Crippen LogP contribution in [0.5, 0.6) is 46.0 Å². The van der Waals surface area contributed by atoms with Crippen molar-refractivity contribution in [3.8, 4) is 46.0 Å². The first-order valence-corrected chi connectivity index (χ1v) is 15.0. The molecule has 1 fully saturated rings. The van der Waals surface area contributed by atoms with Gasteiger partial charge in [-0.1, -0.05) is 12.1 Å². The van der Waals surface area contributed by atoms with Crippen LogP contribution in [0.4, 0.5) is 0 Å². The van der Waals surface area contributed by atoms with Crippen LogP contribution in [0.3, 0.4) is 0 Å². The molecule has 1 aliphatic heterocycles. The highest BCUT2D eigenvalue weighted by atomic mass is 16.7. The van der Waals surface area contributed by atoms with Gasteiger partial charge in [-0.3, -0.25) is 0 Å². The number of aliphatic hydroxyl groups is 2. The SMILES string of the molecule is COc1cc(C=CC(=O)OC[C@H]2O[C@@H](Oc3cc(OC)c(OC)c(OC)c3)[C@H](O)[C@@H](O)[C@@H]2OC(=O)C=Cc2ccc(O)c(OC)c2)ccc1O. The molecular weight excluding hydrogens is 660 g/mol. The summed E-state index contributed by atoms with van der Waals surface area (Å²) in [5.74, 6) is -0.701. The maximum atomic E-state index is 12.9. The molecule has 0 radical (unpaired) electrons. The number of aliphatic hydroxyl groups excluding tert-OH is 2. The Morgan fingerprint density at radius 1 is 0.700 bits per heavy atom. The van der Waals surface area contributed by atoms with Crippen LogP contribution < -0.4 is 28.4 Å². The minimum atomic E-state index is -1.77. The molecule has 0 aromatic heterocycles. The highest BCUT2D eigenvalue weighted by molar-refractivity contribution is 5.88. The minimum absolute atomic E-state index is 0.0797. The van der Waals surface area contributed by atoms with E-state index in [2.05, 4.69) is 0 Å². The van der Waals surface area contributed by atoms with E-state index < -0.39 is 49.3 Å². The standard InChI is InChI=1S/C35H38O15/c1-42-24-14-19(6-10-22(24)36)8-12-29(38)47-18-28-34(50-30(39)13-9-20-7-11-23(37)25(15-20)43-2)31(40)32(41)35(49-28)48-21-16-26(44-3)33(46-5)27(17-21)45-4/h6-17,28,31-32,34-37,40-41H,18H2,1-5H3/t28-,31-,32-,34-,35-/m1/s1. The largest absolute Gasteiger partial charge is 0.504 e. The zero-order chi connectivity index (χ0) is 36.4. The number of aromatic hydroxyl groups is 2. The van der Waals surface area contributed by atoms with E-state index in [9.17, 15) is 30.0 Å². The van der Waals surface area contributed by atoms with Crippen LogP contribution in [0.15, 0.2) is 60.7 Å². The Hall–Kier alpha value is -5.64. The monoisotopic (exact) mass is 698 g/mol. The van der Waals surface area contributed by atoms with E-state index in [1.165, 1.54) is 90.2 Å². The summed E-state index contributed by atoms with van der Waals surface area (Å²) >= 11 is 0. The highest BCUT2D eigenvalue weighted by Gasteiger charge is 2.48. The smallest absolute Gasteiger partial charge is 0.331 e. The number of phenols is 2. The Morgan fingerprint density at radius 2 is 1.22 bits per heavy atom. The Bertz CT molecular complexity index is 1680. The molecule has 0 saturated carbocycles. The maximum Gasteiger partial charge on any atom is 0.331 e. The van der Waals surface area contributed by atoms with Gasteiger partial charge in [0.1, 0.15) is 30.7 Å². The van der Waals surface area contributed by atoms with E-state index in [1.807, 2.05) is 0 Å². The number of carbonyl (C=O) groups is 2. The average molecular weight is 699 g/mol. The topological polar surface area (TPSA) is 198 Å². The fourth-order valence-corrected chi connectivity index (χ4v) is 4.85. The van der Waals surface area contributed by atoms with Gasteiger partial charge < -0.3 is 63.1 Å². The molecule has 1 saturated heterocycles. The fourth-order valence-electron chi connectivity index (χ4n) is 4.85. The second-order valence-corrected chi connectivity index (χ2v) is 10.6. The summed E-state index contributed by atoms with van der Waals surface area (Å²) in [5.41, 5.74) is 1.01. The second-order valence-electron chi connectivity index (χ2n) is 10.6. The number of rotatable bonds is 14. The molecule has 3 aromatic rings. The van der Waals surface area contributed by atoms with Crippen molar-refractivity contribution in [1.82, 2.24) is 0 Å². The van der Waals surface area contributed by atoms with Gasteiger partial charge in [-0.05, 0) is 47.5 Å². The first-order chi connectivity index (χ1) is 24.0. The Labute approximate surface area is 287 Å². The van der Waals surface area contributed by atoms with Gasteiger partial charge in [0.15, 0.2) is 40.6 Å². The Kier molecular flexibility index (Phi) is 12.8. The van der Waals surface area contributed by atoms with Crippen molar-refractivity contribution in [2.45, 2.75) is 30.7 Å². The van der Waals surface area contributed by atoms with Crippen LogP contribution in [0, 0.1) is 0 Å². The number of hydrogen-bond donors (Lipinski definition) is 4. The predicted molar refractivity (Wildman–Crippen MR) is 176 cm³/mol. The van der Waals surface area contributed by atoms with Crippen molar-refractivity contribution in [2.75, 3.05) is 42.2 Å². The van der Waals surface area contributed by atoms with Gasteiger partial charge >= 0.3 is 11.9 Å². The van der Waals surface area contributed by atoms with Crippen molar-refractivity contribution >= 4 is 24.1 Å². The van der Waals surface area contributed by atoms with Crippen molar-refractivity contribution in [1.29, 1.82) is 0 Å². The summed E-state index contributed by atoms with van der Waals surface area (Å²) in [6, 6.07) is 11.7. The third-order valence-electron chi connectivity index (χ3n) is 7.40. The molecular formula is C35H38O15. The molecule has 5 atom stereocenters. The van der Waals surface area contributed by atoms with Crippen molar-refractivity contribution in [2.24, 2.45) is 0 Å². The first kappa shape index (κ1) is 37.2. The van der Waals surface area contributed by atoms with Gasteiger partial charge in [0.2, 0.25) is 12.0 Å². The van der Waals surface area contributed by atoms with Gasteiger partial charge in [0, 0.05) is 24.3 Å². The predicted octanol–water partition coefficient (Wildman–Crippen LogP) is 2.85. The number of ether oxygens (including phenoxy) is 9. The lowest BCUT2D eigenvalue weighted by atomic mass is 9.99. The minimum Gasteiger partial charge on any atom is -0.504 e. The molecule has 1 heterocycles. The Balaban J connectivity index is 1.54. The molecule has 268 valence electrons. The zero-order valence-corrected chi connectivity index (χ0v) is 27.8. The lowest BCUT2D eigenvalue weighted by Gasteiger charge is -2.41. The van der Waals surface area contributed by atoms with Crippen LogP contribution in [0.1, 0.15) is 11.1 Å². The summed E-state index contributed by atoms with van der Waals surface area (Å²) < 4.78 is 48.8. The van der Waals surface area contributed by atoms with Crippen molar-refractivity contribution in [3.05, 3.63) is 71.8 Å². The number of esters is 2. The van der Waals surface area contributed by atoms with E-state index in [0.29, 0.717) is 11.1 Å². The molecule has 15 nitrogen and oxygen atoms in total. The van der Waals surface area contributed by atoms with Crippen LogP contribution in [0.25, 0.3) is 12.2 Å². The van der Waals surface area contributed by atoms with E-state index in [1.54, 1.807) is 6.07 Å². The number of benzene rings is 3. The third kappa shape index (κ3) is 9.07. The normalized spacial score (nSPS) is 20.3. The van der Waals surface area contributed by atoms with Gasteiger partial charge in [-0.25, -0.2) is 9.59 Å². The second kappa shape index (κ2) is 17.1. The van der Waals surface area contributed by atoms with Crippen molar-refractivity contribution < 1.29 is 72.6 Å². The lowest BCUT2D eigenvalue weighted by molar-refractivity contribution is -0.281. The van der Waals surface area contributed by atoms with Gasteiger partial charge in [0.05, 0.1) is 35.5 Å². The first-order valence-electron chi connectivity index (χ1n) is 15.0. The molecule has 0 amide bonds. The molecule has 0 spiro atoms. The maximum absolute atomic E-state index is 12.9. The van der Waals surface area contributed by atoms with Gasteiger partial charge in [-0.2, -0.15) is 0 Å². The van der Waals surface area contributed by atoms with Crippen molar-refractivity contribution in [3.63, 3.8) is 0 Å². The number of carbonyl (C=O) groups excluding carboxylic acids is 2. The summed E-state index contributed by atoms with van der Waals surface area (Å²) in [4.78, 5) is 25.6. The van der Waals surface area contributed by atoms with Crippen LogP contribution in [-0.4, -0.2) is 105 Å². The number of hydrogen-bond acceptors (Lipinski definition) is 15. The Morgan fingerprint density at radius 3 is 1.72 bits per heavy atom. The van der Waals surface area contributed by atoms with E-state index >= 15 is 0 Å². The zero-order valence-electron chi connectivity index (χ0n) is 27.8. The molecule has 4 rings (SSSR count). The summed E-state index contributed by atoms with van der Waals surface area (Å²) in [7, 11) is 6.98. The molecule has 50 heavy (non-hydrogen) atoms. The number of phenolic OH excluding ortho intramolecular Hbond substituents is 2. The fraction of sp³-hybridized carbons (Fsp3) is 0.314. The molecule has 3 aromatic carbocycles. The third-order valence-corrected chi connectivity index (χ3v) is 7.40. The van der Waals surface area contributed by atoms with Crippen LogP contribution in [0.2, 0.25) is 0 Å². The molecule has 0 unspecified atom stereocenters. The van der Waals surface area contributed by atoms with E-state index in [0.717, 1.165) is 12.2 Å². The van der Waals surface area contributed by atoms with Gasteiger partial charge in [-0.15, -0.1) is 0 Å². The quantitative estimate of drug-likeness (QED) is 0.142. The van der Waals surface area contributed by atoms with E-state index in [-0.39, 0.29) is 46.0 Å². The lowest BCUT2D eigenvalue weighted by Crippen LogP contribution is -2.61. The molecule has 4 N–H and O–H groups in total. The van der Waals surface area contributed by atoms with Gasteiger partial charge in [0.25, 0.3) is 0 Å². The highest BCUT2D eigenvalue weighted by Crippen LogP contribution is 2.41. The summed E-state index contributed by atoms with van der Waals surface area (Å²) in [5, 5.41) is 41.8. The molecule has 1 aliphatic rings. The van der Waals surface area contributed by atoms with Crippen LogP contribution in [-0.2, 0) is 23.8 Å². The summed E-state index contributed by atoms with van der Waals surface area (Å²) in [6.45, 7) is -0.544. The molecule has 15 heteroatoms. The molecule has 0 bridgehead atoms. The van der Waals surface area contributed by atoms with Crippen LogP contribution >= 0.6 is 0 Å².